The van der Waals surface area contributed by atoms with Crippen LogP contribution in [0.2, 0.25) is 0 Å². The minimum Gasteiger partial charge on any atom is -0.480 e. The Labute approximate surface area is 110 Å². The fraction of sp³-hybridized carbons (Fsp3) is 0.273. The van der Waals surface area contributed by atoms with Crippen molar-refractivity contribution in [2.75, 3.05) is 13.2 Å². The van der Waals surface area contributed by atoms with Crippen LogP contribution >= 0.6 is 0 Å². The van der Waals surface area contributed by atoms with E-state index in [0.29, 0.717) is 0 Å². The number of rotatable bonds is 5. The van der Waals surface area contributed by atoms with E-state index in [1.165, 1.54) is 5.32 Å². The highest BCUT2D eigenvalue weighted by Crippen LogP contribution is 2.22. The first-order chi connectivity index (χ1) is 9.20. The standard InChI is InChI=1S/C11H9F4NO4/c12-7-3-1-2-6(10(18)19)9(7)20-4-8(17)16-5-11(13,14)15/h1-3H,4-5H2,(H,16,17)(H,18,19). The molecule has 110 valence electrons. The summed E-state index contributed by atoms with van der Waals surface area (Å²) < 4.78 is 53.4. The van der Waals surface area contributed by atoms with E-state index in [1.807, 2.05) is 0 Å². The first-order valence-electron chi connectivity index (χ1n) is 5.19. The lowest BCUT2D eigenvalue weighted by molar-refractivity contribution is -0.139. The zero-order valence-electron chi connectivity index (χ0n) is 9.83. The molecule has 0 heterocycles. The van der Waals surface area contributed by atoms with Gasteiger partial charge in [0.15, 0.2) is 18.2 Å². The predicted molar refractivity (Wildman–Crippen MR) is 57.9 cm³/mol. The second-order valence-electron chi connectivity index (χ2n) is 3.60. The molecule has 0 aliphatic carbocycles. The molecule has 1 aromatic carbocycles. The van der Waals surface area contributed by atoms with E-state index in [9.17, 15) is 27.2 Å². The molecule has 1 amide bonds. The van der Waals surface area contributed by atoms with Gasteiger partial charge in [-0.25, -0.2) is 9.18 Å². The molecule has 1 aromatic rings. The van der Waals surface area contributed by atoms with Crippen molar-refractivity contribution in [3.05, 3.63) is 29.6 Å². The average molecular weight is 295 g/mol. The van der Waals surface area contributed by atoms with Crippen molar-refractivity contribution in [3.63, 3.8) is 0 Å². The Bertz CT molecular complexity index is 516. The highest BCUT2D eigenvalue weighted by atomic mass is 19.4. The van der Waals surface area contributed by atoms with E-state index >= 15 is 0 Å². The van der Waals surface area contributed by atoms with Crippen LogP contribution in [0.25, 0.3) is 0 Å². The number of alkyl halides is 3. The number of carbonyl (C=O) groups excluding carboxylic acids is 1. The molecule has 9 heteroatoms. The number of carbonyl (C=O) groups is 2. The Morgan fingerprint density at radius 3 is 2.50 bits per heavy atom. The molecular formula is C11H9F4NO4. The molecule has 20 heavy (non-hydrogen) atoms. The van der Waals surface area contributed by atoms with Gasteiger partial charge in [0.1, 0.15) is 12.1 Å². The molecule has 0 spiro atoms. The molecule has 0 radical (unpaired) electrons. The minimum atomic E-state index is -4.58. The van der Waals surface area contributed by atoms with Crippen LogP contribution in [0.15, 0.2) is 18.2 Å². The lowest BCUT2D eigenvalue weighted by Gasteiger charge is -2.11. The van der Waals surface area contributed by atoms with E-state index in [4.69, 9.17) is 5.11 Å². The maximum absolute atomic E-state index is 13.3. The molecule has 0 saturated carbocycles. The number of hydrogen-bond donors (Lipinski definition) is 2. The molecule has 0 aliphatic rings. The largest absolute Gasteiger partial charge is 0.480 e. The summed E-state index contributed by atoms with van der Waals surface area (Å²) in [4.78, 5) is 21.8. The number of ether oxygens (including phenoxy) is 1. The number of carboxylic acids is 1. The second-order valence-corrected chi connectivity index (χ2v) is 3.60. The van der Waals surface area contributed by atoms with E-state index < -0.39 is 48.3 Å². The highest BCUT2D eigenvalue weighted by Gasteiger charge is 2.27. The predicted octanol–water partition coefficient (Wildman–Crippen LogP) is 1.58. The third-order valence-corrected chi connectivity index (χ3v) is 2.03. The number of halogens is 4. The summed E-state index contributed by atoms with van der Waals surface area (Å²) in [7, 11) is 0. The smallest absolute Gasteiger partial charge is 0.405 e. The van der Waals surface area contributed by atoms with Crippen molar-refractivity contribution < 1.29 is 37.0 Å². The summed E-state index contributed by atoms with van der Waals surface area (Å²) >= 11 is 0. The molecule has 0 aliphatic heterocycles. The molecular weight excluding hydrogens is 286 g/mol. The maximum atomic E-state index is 13.3. The number of nitrogens with one attached hydrogen (secondary N) is 1. The summed E-state index contributed by atoms with van der Waals surface area (Å²) in [5.74, 6) is -4.38. The van der Waals surface area contributed by atoms with Gasteiger partial charge in [-0.2, -0.15) is 13.2 Å². The van der Waals surface area contributed by atoms with E-state index in [2.05, 4.69) is 4.74 Å². The highest BCUT2D eigenvalue weighted by molar-refractivity contribution is 5.91. The van der Waals surface area contributed by atoms with Crippen LogP contribution in [0, 0.1) is 5.82 Å². The van der Waals surface area contributed by atoms with Crippen LogP contribution in [-0.2, 0) is 4.79 Å². The summed E-state index contributed by atoms with van der Waals surface area (Å²) in [5, 5.41) is 10.3. The van der Waals surface area contributed by atoms with Gasteiger partial charge in [0.05, 0.1) is 0 Å². The van der Waals surface area contributed by atoms with E-state index in [1.54, 1.807) is 0 Å². The normalized spacial score (nSPS) is 11.0. The van der Waals surface area contributed by atoms with Crippen LogP contribution in [0.5, 0.6) is 5.75 Å². The van der Waals surface area contributed by atoms with Gasteiger partial charge >= 0.3 is 12.1 Å². The molecule has 0 atom stereocenters. The molecule has 1 rings (SSSR count). The number of hydrogen-bond acceptors (Lipinski definition) is 3. The maximum Gasteiger partial charge on any atom is 0.405 e. The molecule has 0 unspecified atom stereocenters. The number of amides is 1. The number of aromatic carboxylic acids is 1. The van der Waals surface area contributed by atoms with E-state index in [-0.39, 0.29) is 0 Å². The van der Waals surface area contributed by atoms with Crippen molar-refractivity contribution in [2.24, 2.45) is 0 Å². The second kappa shape index (κ2) is 6.22. The van der Waals surface area contributed by atoms with Gasteiger partial charge in [-0.05, 0) is 12.1 Å². The number of carboxylic acid groups (broad SMARTS) is 1. The molecule has 0 saturated heterocycles. The molecule has 0 bridgehead atoms. The summed E-state index contributed by atoms with van der Waals surface area (Å²) in [5.41, 5.74) is -0.534. The van der Waals surface area contributed by atoms with Crippen molar-refractivity contribution in [1.82, 2.24) is 5.32 Å². The molecule has 0 fully saturated rings. The molecule has 0 aromatic heterocycles. The van der Waals surface area contributed by atoms with Crippen LogP contribution in [0.4, 0.5) is 17.6 Å². The molecule has 5 nitrogen and oxygen atoms in total. The van der Waals surface area contributed by atoms with Gasteiger partial charge in [0.25, 0.3) is 5.91 Å². The Morgan fingerprint density at radius 2 is 1.95 bits per heavy atom. The average Bonchev–Trinajstić information content (AvgIpc) is 2.33. The van der Waals surface area contributed by atoms with Crippen molar-refractivity contribution >= 4 is 11.9 Å². The first-order valence-corrected chi connectivity index (χ1v) is 5.19. The number of para-hydroxylation sites is 1. The summed E-state index contributed by atoms with van der Waals surface area (Å²) in [6, 6.07) is 3.05. The van der Waals surface area contributed by atoms with Crippen LogP contribution in [0.1, 0.15) is 10.4 Å². The fourth-order valence-electron chi connectivity index (χ4n) is 1.21. The Kier molecular flexibility index (Phi) is 4.89. The van der Waals surface area contributed by atoms with Crippen molar-refractivity contribution in [3.8, 4) is 5.75 Å². The van der Waals surface area contributed by atoms with Gasteiger partial charge in [0.2, 0.25) is 0 Å². The molecule has 2 N–H and O–H groups in total. The zero-order chi connectivity index (χ0) is 15.3. The van der Waals surface area contributed by atoms with Crippen LogP contribution < -0.4 is 10.1 Å². The lowest BCUT2D eigenvalue weighted by Crippen LogP contribution is -2.36. The van der Waals surface area contributed by atoms with Gasteiger partial charge in [-0.1, -0.05) is 6.07 Å². The minimum absolute atomic E-state index is 0.534. The van der Waals surface area contributed by atoms with E-state index in [0.717, 1.165) is 18.2 Å². The van der Waals surface area contributed by atoms with Crippen LogP contribution in [-0.4, -0.2) is 36.3 Å². The van der Waals surface area contributed by atoms with Gasteiger partial charge in [-0.3, -0.25) is 4.79 Å². The monoisotopic (exact) mass is 295 g/mol. The van der Waals surface area contributed by atoms with Gasteiger partial charge in [-0.15, -0.1) is 0 Å². The van der Waals surface area contributed by atoms with Gasteiger partial charge in [0, 0.05) is 0 Å². The number of benzene rings is 1. The topological polar surface area (TPSA) is 75.6 Å². The fourth-order valence-corrected chi connectivity index (χ4v) is 1.21. The Balaban J connectivity index is 2.66. The lowest BCUT2D eigenvalue weighted by atomic mass is 10.2. The van der Waals surface area contributed by atoms with Gasteiger partial charge < -0.3 is 15.2 Å². The Hall–Kier alpha value is -2.32. The van der Waals surface area contributed by atoms with Crippen molar-refractivity contribution in [1.29, 1.82) is 0 Å². The Morgan fingerprint density at radius 1 is 1.30 bits per heavy atom. The zero-order valence-corrected chi connectivity index (χ0v) is 9.83. The van der Waals surface area contributed by atoms with Crippen molar-refractivity contribution in [2.45, 2.75) is 6.18 Å². The van der Waals surface area contributed by atoms with Crippen LogP contribution in [0.3, 0.4) is 0 Å². The third kappa shape index (κ3) is 4.75. The first kappa shape index (κ1) is 15.7. The third-order valence-electron chi connectivity index (χ3n) is 2.03. The summed E-state index contributed by atoms with van der Waals surface area (Å²) in [6.45, 7) is -2.49. The quantitative estimate of drug-likeness (QED) is 0.809. The summed E-state index contributed by atoms with van der Waals surface area (Å²) in [6.07, 6.45) is -4.58. The SMILES string of the molecule is O=C(COc1c(F)cccc1C(=O)O)NCC(F)(F)F.